The summed E-state index contributed by atoms with van der Waals surface area (Å²) in [6.07, 6.45) is 5.98. The maximum Gasteiger partial charge on any atom is 0.0973 e. The van der Waals surface area contributed by atoms with E-state index in [1.54, 1.807) is 0 Å². The summed E-state index contributed by atoms with van der Waals surface area (Å²) in [7, 11) is 0. The van der Waals surface area contributed by atoms with Crippen LogP contribution >= 0.6 is 0 Å². The molecule has 0 saturated carbocycles. The molecule has 0 saturated heterocycles. The number of fused-ring (bicyclic) bond motifs is 7. The Morgan fingerprint density at radius 1 is 0.424 bits per heavy atom. The number of aromatic nitrogens is 4. The highest BCUT2D eigenvalue weighted by atomic mass is 15.0. The Labute approximate surface area is 342 Å². The summed E-state index contributed by atoms with van der Waals surface area (Å²) >= 11 is 0. The van der Waals surface area contributed by atoms with Gasteiger partial charge in [0, 0.05) is 44.0 Å². The highest BCUT2D eigenvalue weighted by Gasteiger charge is 2.19. The van der Waals surface area contributed by atoms with Gasteiger partial charge < -0.3 is 9.13 Å². The zero-order valence-electron chi connectivity index (χ0n) is 32.5. The number of benzene rings is 8. The van der Waals surface area contributed by atoms with Crippen molar-refractivity contribution in [2.45, 2.75) is 6.92 Å². The van der Waals surface area contributed by atoms with Crippen LogP contribution in [0.2, 0.25) is 0 Å². The second kappa shape index (κ2) is 14.0. The van der Waals surface area contributed by atoms with E-state index in [2.05, 4.69) is 180 Å². The van der Waals surface area contributed by atoms with Crippen LogP contribution in [0.3, 0.4) is 0 Å². The number of hydrogen-bond acceptors (Lipinski definition) is 2. The Kier molecular flexibility index (Phi) is 8.16. The molecule has 0 amide bonds. The van der Waals surface area contributed by atoms with Crippen LogP contribution < -0.4 is 0 Å². The van der Waals surface area contributed by atoms with Crippen LogP contribution in [-0.4, -0.2) is 19.1 Å². The van der Waals surface area contributed by atoms with Gasteiger partial charge in [-0.3, -0.25) is 0 Å². The van der Waals surface area contributed by atoms with Gasteiger partial charge in [-0.05, 0) is 95.9 Å². The second-order valence-electron chi connectivity index (χ2n) is 15.1. The number of rotatable bonds is 7. The molecule has 0 atom stereocenters. The molecule has 4 nitrogen and oxygen atoms in total. The summed E-state index contributed by atoms with van der Waals surface area (Å²) in [5.74, 6) is 0. The zero-order valence-corrected chi connectivity index (χ0v) is 32.5. The maximum atomic E-state index is 5.23. The van der Waals surface area contributed by atoms with Gasteiger partial charge in [-0.1, -0.05) is 140 Å². The van der Waals surface area contributed by atoms with Gasteiger partial charge in [-0.15, -0.1) is 0 Å². The highest BCUT2D eigenvalue weighted by molar-refractivity contribution is 6.12. The van der Waals surface area contributed by atoms with E-state index in [1.807, 2.05) is 42.5 Å². The van der Waals surface area contributed by atoms with Crippen molar-refractivity contribution in [1.29, 1.82) is 0 Å². The Bertz CT molecular complexity index is 3390. The lowest BCUT2D eigenvalue weighted by Gasteiger charge is -2.13. The number of allylic oxidation sites excluding steroid dienone is 2. The molecule has 4 heteroatoms. The lowest BCUT2D eigenvalue weighted by molar-refractivity contribution is 1.16. The van der Waals surface area contributed by atoms with Crippen LogP contribution in [0.4, 0.5) is 0 Å². The van der Waals surface area contributed by atoms with Crippen molar-refractivity contribution in [3.05, 3.63) is 212 Å². The Hall–Kier alpha value is -7.82. The van der Waals surface area contributed by atoms with E-state index in [0.717, 1.165) is 61.5 Å². The normalized spacial score (nSPS) is 11.8. The van der Waals surface area contributed by atoms with E-state index in [-0.39, 0.29) is 0 Å². The maximum absolute atomic E-state index is 5.23. The molecule has 59 heavy (non-hydrogen) atoms. The first-order chi connectivity index (χ1) is 29.1. The topological polar surface area (TPSA) is 35.6 Å². The van der Waals surface area contributed by atoms with Gasteiger partial charge in [0.25, 0.3) is 0 Å². The monoisotopic (exact) mass is 754 g/mol. The molecule has 0 bridgehead atoms. The SMILES string of the molecule is C=C/C=C\c1cc2c(cc1C)c1cc(-n3c4ccccc4c4ccccc43)ccc1n2-c1ccc(-c2nc3ccccc3nc2-c2ccc(-c3ccccc3)cc2)cc1. The van der Waals surface area contributed by atoms with Gasteiger partial charge in [-0.2, -0.15) is 0 Å². The van der Waals surface area contributed by atoms with Crippen LogP contribution in [-0.2, 0) is 0 Å². The first kappa shape index (κ1) is 34.4. The highest BCUT2D eigenvalue weighted by Crippen LogP contribution is 2.39. The quantitative estimate of drug-likeness (QED) is 0.152. The summed E-state index contributed by atoms with van der Waals surface area (Å²) in [5.41, 5.74) is 17.1. The fourth-order valence-corrected chi connectivity index (χ4v) is 8.77. The molecule has 0 unspecified atom stereocenters. The molecule has 3 aromatic heterocycles. The van der Waals surface area contributed by atoms with Crippen molar-refractivity contribution >= 4 is 60.7 Å². The average Bonchev–Trinajstić information content (AvgIpc) is 3.80. The van der Waals surface area contributed by atoms with E-state index in [0.29, 0.717) is 0 Å². The molecule has 0 aliphatic rings. The van der Waals surface area contributed by atoms with E-state index in [9.17, 15) is 0 Å². The van der Waals surface area contributed by atoms with Crippen molar-refractivity contribution in [3.8, 4) is 45.0 Å². The second-order valence-corrected chi connectivity index (χ2v) is 15.1. The molecule has 0 spiro atoms. The Morgan fingerprint density at radius 2 is 0.915 bits per heavy atom. The minimum absolute atomic E-state index is 0.855. The largest absolute Gasteiger partial charge is 0.309 e. The molecule has 278 valence electrons. The average molecular weight is 755 g/mol. The third-order valence-corrected chi connectivity index (χ3v) is 11.6. The van der Waals surface area contributed by atoms with Crippen LogP contribution in [0, 0.1) is 6.92 Å². The van der Waals surface area contributed by atoms with Gasteiger partial charge in [0.15, 0.2) is 0 Å². The van der Waals surface area contributed by atoms with Crippen molar-refractivity contribution in [2.75, 3.05) is 0 Å². The van der Waals surface area contributed by atoms with Gasteiger partial charge in [-0.25, -0.2) is 9.97 Å². The van der Waals surface area contributed by atoms with E-state index < -0.39 is 0 Å². The summed E-state index contributed by atoms with van der Waals surface area (Å²) in [5, 5.41) is 4.92. The number of aryl methyl sites for hydroxylation is 1. The predicted octanol–water partition coefficient (Wildman–Crippen LogP) is 14.3. The van der Waals surface area contributed by atoms with Crippen molar-refractivity contribution < 1.29 is 0 Å². The molecule has 0 N–H and O–H groups in total. The lowest BCUT2D eigenvalue weighted by Crippen LogP contribution is -1.98. The van der Waals surface area contributed by atoms with Crippen LogP contribution in [0.5, 0.6) is 0 Å². The first-order valence-electron chi connectivity index (χ1n) is 20.0. The minimum Gasteiger partial charge on any atom is -0.309 e. The molecular formula is C55H38N4. The molecular weight excluding hydrogens is 717 g/mol. The molecule has 8 aromatic carbocycles. The van der Waals surface area contributed by atoms with Gasteiger partial charge in [0.05, 0.1) is 44.5 Å². The Morgan fingerprint density at radius 3 is 1.56 bits per heavy atom. The van der Waals surface area contributed by atoms with Crippen LogP contribution in [0.25, 0.3) is 106 Å². The molecule has 11 rings (SSSR count). The van der Waals surface area contributed by atoms with Crippen molar-refractivity contribution in [3.63, 3.8) is 0 Å². The fraction of sp³-hybridized carbons (Fsp3) is 0.0182. The fourth-order valence-electron chi connectivity index (χ4n) is 8.77. The first-order valence-corrected chi connectivity index (χ1v) is 20.0. The zero-order chi connectivity index (χ0) is 39.5. The van der Waals surface area contributed by atoms with Crippen molar-refractivity contribution in [1.82, 2.24) is 19.1 Å². The van der Waals surface area contributed by atoms with E-state index in [4.69, 9.17) is 9.97 Å². The lowest BCUT2D eigenvalue weighted by atomic mass is 9.99. The van der Waals surface area contributed by atoms with Gasteiger partial charge in [0.2, 0.25) is 0 Å². The summed E-state index contributed by atoms with van der Waals surface area (Å²) < 4.78 is 4.79. The van der Waals surface area contributed by atoms with E-state index in [1.165, 1.54) is 49.3 Å². The molecule has 11 aromatic rings. The smallest absolute Gasteiger partial charge is 0.0973 e. The molecule has 3 heterocycles. The van der Waals surface area contributed by atoms with Crippen LogP contribution in [0.1, 0.15) is 11.1 Å². The molecule has 0 radical (unpaired) electrons. The third-order valence-electron chi connectivity index (χ3n) is 11.6. The number of para-hydroxylation sites is 4. The van der Waals surface area contributed by atoms with Gasteiger partial charge in [0.1, 0.15) is 0 Å². The molecule has 0 aliphatic carbocycles. The number of hydrogen-bond donors (Lipinski definition) is 0. The summed E-state index contributed by atoms with van der Waals surface area (Å²) in [4.78, 5) is 10.4. The summed E-state index contributed by atoms with van der Waals surface area (Å²) in [6.45, 7) is 6.12. The number of nitrogens with zero attached hydrogens (tertiary/aromatic N) is 4. The minimum atomic E-state index is 0.855. The van der Waals surface area contributed by atoms with E-state index >= 15 is 0 Å². The molecule has 0 fully saturated rings. The standard InChI is InChI=1S/C55H38N4/c1-3-4-14-41-34-53-46(33-36(41)2)47-35-43(59-50-21-12-8-17-44(50)45-18-9-13-22-51(45)59)31-32-52(47)58(53)42-29-27-40(28-30-42)55-54(56-48-19-10-11-20-49(48)57-55)39-25-23-38(24-26-39)37-15-6-5-7-16-37/h3-35H,1H2,2H3/b14-4-. The van der Waals surface area contributed by atoms with Gasteiger partial charge >= 0.3 is 0 Å². The predicted molar refractivity (Wildman–Crippen MR) is 248 cm³/mol. The Balaban J connectivity index is 1.07. The van der Waals surface area contributed by atoms with Crippen LogP contribution in [0.15, 0.2) is 201 Å². The summed E-state index contributed by atoms with van der Waals surface area (Å²) in [6, 6.07) is 65.0. The van der Waals surface area contributed by atoms with Crippen molar-refractivity contribution in [2.24, 2.45) is 0 Å². The molecule has 0 aliphatic heterocycles. The third kappa shape index (κ3) is 5.76.